The van der Waals surface area contributed by atoms with Crippen molar-refractivity contribution < 1.29 is 9.59 Å². The van der Waals surface area contributed by atoms with Crippen LogP contribution in [-0.4, -0.2) is 53.1 Å². The van der Waals surface area contributed by atoms with E-state index in [1.807, 2.05) is 40.1 Å². The van der Waals surface area contributed by atoms with Gasteiger partial charge in [-0.3, -0.25) is 9.59 Å². The average Bonchev–Trinajstić information content (AvgIpc) is 2.48. The number of rotatable bonds is 3. The van der Waals surface area contributed by atoms with E-state index in [9.17, 15) is 9.59 Å². The van der Waals surface area contributed by atoms with Crippen molar-refractivity contribution in [2.75, 3.05) is 31.5 Å². The van der Waals surface area contributed by atoms with Gasteiger partial charge in [-0.05, 0) is 12.1 Å². The second-order valence-corrected chi connectivity index (χ2v) is 5.27. The molecule has 0 atom stereocenters. The Hall–Kier alpha value is -1.36. The number of piperazine rings is 1. The van der Waals surface area contributed by atoms with Crippen molar-refractivity contribution in [1.29, 1.82) is 0 Å². The Bertz CT molecular complexity index is 442. The van der Waals surface area contributed by atoms with Gasteiger partial charge in [0.05, 0.1) is 0 Å². The molecule has 2 rings (SSSR count). The van der Waals surface area contributed by atoms with E-state index in [-0.39, 0.29) is 11.8 Å². The summed E-state index contributed by atoms with van der Waals surface area (Å²) in [5.41, 5.74) is 0.711. The third kappa shape index (κ3) is 3.56. The predicted octanol–water partition coefficient (Wildman–Crippen LogP) is 1.76. The highest BCUT2D eigenvalue weighted by Crippen LogP contribution is 2.09. The van der Waals surface area contributed by atoms with Crippen LogP contribution >= 0.6 is 15.9 Å². The lowest BCUT2D eigenvalue weighted by Gasteiger charge is -2.34. The molecule has 1 heterocycles. The molecule has 5 heteroatoms. The molecule has 0 bridgehead atoms. The largest absolute Gasteiger partial charge is 0.339 e. The first-order valence-corrected chi connectivity index (χ1v) is 7.52. The molecule has 1 saturated heterocycles. The van der Waals surface area contributed by atoms with Gasteiger partial charge in [0.2, 0.25) is 5.91 Å². The highest BCUT2D eigenvalue weighted by molar-refractivity contribution is 9.09. The normalized spacial score (nSPS) is 15.4. The summed E-state index contributed by atoms with van der Waals surface area (Å²) in [5.74, 6) is 0.205. The lowest BCUT2D eigenvalue weighted by Crippen LogP contribution is -2.50. The number of nitrogens with zero attached hydrogens (tertiary/aromatic N) is 2. The van der Waals surface area contributed by atoms with Gasteiger partial charge in [-0.2, -0.15) is 0 Å². The Morgan fingerprint density at radius 3 is 2.16 bits per heavy atom. The fourth-order valence-electron chi connectivity index (χ4n) is 2.16. The maximum Gasteiger partial charge on any atom is 0.253 e. The van der Waals surface area contributed by atoms with Crippen molar-refractivity contribution in [2.24, 2.45) is 0 Å². The zero-order valence-corrected chi connectivity index (χ0v) is 12.3. The van der Waals surface area contributed by atoms with Gasteiger partial charge in [0.1, 0.15) is 0 Å². The monoisotopic (exact) mass is 324 g/mol. The molecule has 102 valence electrons. The molecule has 0 N–H and O–H groups in total. The maximum atomic E-state index is 12.2. The van der Waals surface area contributed by atoms with E-state index in [0.717, 1.165) is 0 Å². The number of carbonyl (C=O) groups is 2. The van der Waals surface area contributed by atoms with Crippen LogP contribution in [0.25, 0.3) is 0 Å². The molecular weight excluding hydrogens is 308 g/mol. The fourth-order valence-corrected chi connectivity index (χ4v) is 2.50. The molecule has 0 aliphatic carbocycles. The molecule has 2 amide bonds. The van der Waals surface area contributed by atoms with Crippen LogP contribution in [-0.2, 0) is 4.79 Å². The summed E-state index contributed by atoms with van der Waals surface area (Å²) in [7, 11) is 0. The van der Waals surface area contributed by atoms with E-state index >= 15 is 0 Å². The summed E-state index contributed by atoms with van der Waals surface area (Å²) < 4.78 is 0. The molecule has 0 spiro atoms. The van der Waals surface area contributed by atoms with Gasteiger partial charge in [0.25, 0.3) is 5.91 Å². The van der Waals surface area contributed by atoms with Crippen LogP contribution < -0.4 is 0 Å². The quantitative estimate of drug-likeness (QED) is 0.795. The predicted molar refractivity (Wildman–Crippen MR) is 77.3 cm³/mol. The zero-order chi connectivity index (χ0) is 13.7. The molecule has 0 saturated carbocycles. The van der Waals surface area contributed by atoms with Crippen LogP contribution in [0, 0.1) is 0 Å². The topological polar surface area (TPSA) is 40.6 Å². The molecule has 1 aliphatic rings. The van der Waals surface area contributed by atoms with E-state index in [1.165, 1.54) is 0 Å². The minimum atomic E-state index is 0.0493. The Morgan fingerprint density at radius 1 is 1.00 bits per heavy atom. The maximum absolute atomic E-state index is 12.2. The van der Waals surface area contributed by atoms with E-state index in [1.54, 1.807) is 0 Å². The van der Waals surface area contributed by atoms with Crippen molar-refractivity contribution in [3.05, 3.63) is 35.9 Å². The van der Waals surface area contributed by atoms with Crippen molar-refractivity contribution >= 4 is 27.7 Å². The number of hydrogen-bond acceptors (Lipinski definition) is 2. The molecule has 0 unspecified atom stereocenters. The summed E-state index contributed by atoms with van der Waals surface area (Å²) in [6, 6.07) is 9.27. The molecule has 19 heavy (non-hydrogen) atoms. The van der Waals surface area contributed by atoms with Crippen LogP contribution in [0.15, 0.2) is 30.3 Å². The van der Waals surface area contributed by atoms with Gasteiger partial charge in [-0.1, -0.05) is 34.1 Å². The van der Waals surface area contributed by atoms with Crippen LogP contribution in [0.4, 0.5) is 0 Å². The Labute approximate surface area is 121 Å². The second-order valence-electron chi connectivity index (χ2n) is 4.48. The fraction of sp³-hybridized carbons (Fsp3) is 0.429. The van der Waals surface area contributed by atoms with Gasteiger partial charge >= 0.3 is 0 Å². The van der Waals surface area contributed by atoms with Gasteiger partial charge in [-0.15, -0.1) is 0 Å². The third-order valence-electron chi connectivity index (χ3n) is 3.25. The first-order valence-electron chi connectivity index (χ1n) is 6.40. The first kappa shape index (κ1) is 14.1. The number of carbonyl (C=O) groups excluding carboxylic acids is 2. The van der Waals surface area contributed by atoms with Crippen LogP contribution in [0.1, 0.15) is 16.8 Å². The molecule has 1 aromatic carbocycles. The number of benzene rings is 1. The molecule has 1 aliphatic heterocycles. The molecule has 0 aromatic heterocycles. The summed E-state index contributed by atoms with van der Waals surface area (Å²) >= 11 is 3.27. The standard InChI is InChI=1S/C14H17BrN2O2/c15-7-6-13(18)16-8-10-17(11-9-16)14(19)12-4-2-1-3-5-12/h1-5H,6-11H2. The van der Waals surface area contributed by atoms with Gasteiger partial charge in [0.15, 0.2) is 0 Å². The molecule has 4 nitrogen and oxygen atoms in total. The van der Waals surface area contributed by atoms with Crippen molar-refractivity contribution in [1.82, 2.24) is 9.80 Å². The Balaban J connectivity index is 1.90. The smallest absolute Gasteiger partial charge is 0.253 e. The minimum absolute atomic E-state index is 0.0493. The summed E-state index contributed by atoms with van der Waals surface area (Å²) in [6.45, 7) is 2.48. The number of hydrogen-bond donors (Lipinski definition) is 0. The van der Waals surface area contributed by atoms with E-state index in [4.69, 9.17) is 0 Å². The van der Waals surface area contributed by atoms with Gasteiger partial charge in [-0.25, -0.2) is 0 Å². The Kier molecular flexibility index (Phi) is 4.96. The van der Waals surface area contributed by atoms with Crippen LogP contribution in [0.5, 0.6) is 0 Å². The SMILES string of the molecule is O=C(CCBr)N1CCN(C(=O)c2ccccc2)CC1. The lowest BCUT2D eigenvalue weighted by molar-refractivity contribution is -0.132. The molecule has 0 radical (unpaired) electrons. The minimum Gasteiger partial charge on any atom is -0.339 e. The summed E-state index contributed by atoms with van der Waals surface area (Å²) in [4.78, 5) is 27.6. The highest BCUT2D eigenvalue weighted by atomic mass is 79.9. The van der Waals surface area contributed by atoms with E-state index < -0.39 is 0 Å². The first-order chi connectivity index (χ1) is 9.22. The zero-order valence-electron chi connectivity index (χ0n) is 10.7. The second kappa shape index (κ2) is 6.70. The van der Waals surface area contributed by atoms with Crippen molar-refractivity contribution in [3.8, 4) is 0 Å². The number of halogens is 1. The van der Waals surface area contributed by atoms with Gasteiger partial charge < -0.3 is 9.80 Å². The lowest BCUT2D eigenvalue weighted by atomic mass is 10.2. The summed E-state index contributed by atoms with van der Waals surface area (Å²) in [6.07, 6.45) is 0.520. The van der Waals surface area contributed by atoms with Gasteiger partial charge in [0, 0.05) is 43.5 Å². The summed E-state index contributed by atoms with van der Waals surface area (Å²) in [5, 5.41) is 0.689. The molecular formula is C14H17BrN2O2. The number of amides is 2. The van der Waals surface area contributed by atoms with Crippen molar-refractivity contribution in [3.63, 3.8) is 0 Å². The molecule has 1 fully saturated rings. The molecule has 1 aromatic rings. The average molecular weight is 325 g/mol. The van der Waals surface area contributed by atoms with E-state index in [2.05, 4.69) is 15.9 Å². The van der Waals surface area contributed by atoms with Crippen molar-refractivity contribution in [2.45, 2.75) is 6.42 Å². The Morgan fingerprint density at radius 2 is 1.58 bits per heavy atom. The van der Waals surface area contributed by atoms with E-state index in [0.29, 0.717) is 43.5 Å². The van der Waals surface area contributed by atoms with Crippen LogP contribution in [0.2, 0.25) is 0 Å². The third-order valence-corrected chi connectivity index (χ3v) is 3.65. The number of alkyl halides is 1. The highest BCUT2D eigenvalue weighted by Gasteiger charge is 2.24. The van der Waals surface area contributed by atoms with Crippen LogP contribution in [0.3, 0.4) is 0 Å².